The largest absolute Gasteiger partial charge is 0.543 e. The lowest BCUT2D eigenvalue weighted by molar-refractivity contribution is -0.660. The summed E-state index contributed by atoms with van der Waals surface area (Å²) < 4.78 is 2.05. The maximum atomic E-state index is 13.0. The van der Waals surface area contributed by atoms with Gasteiger partial charge in [0.25, 0.3) is 11.8 Å². The van der Waals surface area contributed by atoms with Crippen LogP contribution in [0.4, 0.5) is 10.3 Å². The molecule has 4 rings (SSSR count). The van der Waals surface area contributed by atoms with Crippen molar-refractivity contribution >= 4 is 68.2 Å². The van der Waals surface area contributed by atoms with Gasteiger partial charge in [0.1, 0.15) is 36.5 Å². The van der Waals surface area contributed by atoms with Crippen molar-refractivity contribution in [2.45, 2.75) is 25.3 Å². The van der Waals surface area contributed by atoms with E-state index >= 15 is 0 Å². The molecule has 0 spiro atoms. The molecular weight excluding hydrogens is 526 g/mol. The lowest BCUT2D eigenvalue weighted by Gasteiger charge is -2.50. The Morgan fingerprint density at radius 3 is 2.72 bits per heavy atom. The van der Waals surface area contributed by atoms with Crippen molar-refractivity contribution < 1.29 is 28.9 Å². The Labute approximate surface area is 219 Å². The van der Waals surface area contributed by atoms with Crippen LogP contribution >= 0.6 is 34.4 Å². The summed E-state index contributed by atoms with van der Waals surface area (Å²) in [4.78, 5) is 51.1. The normalized spacial score (nSPS) is 19.6. The molecule has 0 radical (unpaired) electrons. The van der Waals surface area contributed by atoms with E-state index in [0.29, 0.717) is 17.9 Å². The number of likely N-dealkylation sites (N-methyl/N-ethyl adjacent to an activating group) is 1. The minimum Gasteiger partial charge on any atom is -0.543 e. The molecule has 2 aliphatic rings. The molecule has 2 atom stereocenters. The SMILES string of the molecule is CO/N=C(/C(=O)N[C@@H]1C(=O)N2C(C(=O)[O-])=C(CN(C)c3sc(C)c(C)[n+]3C)CS[C@H]12)c1csc(N)n1. The quantitative estimate of drug-likeness (QED) is 0.184. The fourth-order valence-electron chi connectivity index (χ4n) is 4.04. The van der Waals surface area contributed by atoms with Crippen LogP contribution in [0.2, 0.25) is 0 Å². The van der Waals surface area contributed by atoms with Crippen molar-refractivity contribution in [3.8, 4) is 0 Å². The summed E-state index contributed by atoms with van der Waals surface area (Å²) in [5.41, 5.74) is 7.28. The standard InChI is InChI=1S/C21H25N7O5S3/c1-9-10(2)36-21(27(9)4)26(3)6-11-7-34-18-14(17(30)28(18)15(11)19(31)32)24-16(29)13(25-33-5)12-8-35-20(22)23-12/h8,14,18H,6-7H2,1-5H3,(H3-,22,23,24,29,31,32)/b25-13+/t14-,18-/m1/s1. The molecule has 1 saturated heterocycles. The van der Waals surface area contributed by atoms with Crippen LogP contribution in [0.3, 0.4) is 0 Å². The smallest absolute Gasteiger partial charge is 0.336 e. The van der Waals surface area contributed by atoms with E-state index in [2.05, 4.69) is 15.5 Å². The van der Waals surface area contributed by atoms with Gasteiger partial charge in [-0.2, -0.15) is 0 Å². The number of rotatable bonds is 8. The highest BCUT2D eigenvalue weighted by Gasteiger charge is 2.53. The predicted molar refractivity (Wildman–Crippen MR) is 135 cm³/mol. The van der Waals surface area contributed by atoms with Crippen molar-refractivity contribution in [3.63, 3.8) is 0 Å². The minimum atomic E-state index is -1.43. The molecule has 0 bridgehead atoms. The molecule has 2 amide bonds. The van der Waals surface area contributed by atoms with Crippen molar-refractivity contribution in [1.29, 1.82) is 0 Å². The topological polar surface area (TPSA) is 157 Å². The number of carbonyl (C=O) groups excluding carboxylic acids is 3. The van der Waals surface area contributed by atoms with Crippen LogP contribution in [0.1, 0.15) is 16.3 Å². The molecular formula is C21H25N7O5S3. The number of anilines is 2. The first kappa shape index (κ1) is 25.9. The number of carboxylic acid groups (broad SMARTS) is 1. The number of nitrogens with one attached hydrogen (secondary N) is 1. The number of aromatic nitrogens is 2. The summed E-state index contributed by atoms with van der Waals surface area (Å²) in [5.74, 6) is -2.28. The average molecular weight is 552 g/mol. The van der Waals surface area contributed by atoms with Gasteiger partial charge in [-0.05, 0) is 13.8 Å². The Bertz CT molecular complexity index is 1300. The van der Waals surface area contributed by atoms with E-state index in [1.165, 1.54) is 28.6 Å². The highest BCUT2D eigenvalue weighted by Crippen LogP contribution is 2.40. The van der Waals surface area contributed by atoms with Gasteiger partial charge in [0.05, 0.1) is 30.6 Å². The van der Waals surface area contributed by atoms with Crippen molar-refractivity contribution in [2.75, 3.05) is 37.1 Å². The molecule has 3 N–H and O–H groups in total. The van der Waals surface area contributed by atoms with Crippen molar-refractivity contribution in [1.82, 2.24) is 15.2 Å². The number of β-lactam (4-membered cyclic amide) rings is 1. The van der Waals surface area contributed by atoms with Gasteiger partial charge in [0.15, 0.2) is 10.8 Å². The second-order valence-electron chi connectivity index (χ2n) is 8.24. The summed E-state index contributed by atoms with van der Waals surface area (Å²) >= 11 is 4.12. The summed E-state index contributed by atoms with van der Waals surface area (Å²) in [5, 5.41) is 20.6. The number of fused-ring (bicyclic) bond motifs is 1. The van der Waals surface area contributed by atoms with Gasteiger partial charge in [0, 0.05) is 16.7 Å². The summed E-state index contributed by atoms with van der Waals surface area (Å²) in [6, 6.07) is -0.936. The number of nitrogens with zero attached hydrogens (tertiary/aromatic N) is 5. The van der Waals surface area contributed by atoms with E-state index in [1.54, 1.807) is 16.7 Å². The minimum absolute atomic E-state index is 0.134. The average Bonchev–Trinajstić information content (AvgIpc) is 3.38. The predicted octanol–water partition coefficient (Wildman–Crippen LogP) is -0.881. The molecule has 0 unspecified atom stereocenters. The summed E-state index contributed by atoms with van der Waals surface area (Å²) in [6.07, 6.45) is 0. The van der Waals surface area contributed by atoms with Crippen LogP contribution in [0, 0.1) is 13.8 Å². The number of hydrogen-bond acceptors (Lipinski definition) is 12. The molecule has 0 saturated carbocycles. The first-order valence-corrected chi connectivity index (χ1v) is 13.5. The molecule has 12 nitrogen and oxygen atoms in total. The Hall–Kier alpha value is -3.17. The van der Waals surface area contributed by atoms with Gasteiger partial charge >= 0.3 is 5.13 Å². The molecule has 36 heavy (non-hydrogen) atoms. The molecule has 4 heterocycles. The number of carboxylic acids is 1. The number of aliphatic carboxylic acids is 1. The van der Waals surface area contributed by atoms with Gasteiger partial charge in [-0.3, -0.25) is 19.4 Å². The zero-order valence-electron chi connectivity index (χ0n) is 20.2. The zero-order chi connectivity index (χ0) is 26.3. The van der Waals surface area contributed by atoms with Crippen LogP contribution < -0.4 is 25.6 Å². The summed E-state index contributed by atoms with van der Waals surface area (Å²) in [7, 11) is 5.12. The van der Waals surface area contributed by atoms with Gasteiger partial charge in [-0.15, -0.1) is 23.1 Å². The number of hydrogen-bond donors (Lipinski definition) is 2. The third-order valence-electron chi connectivity index (χ3n) is 5.99. The molecule has 2 aromatic heterocycles. The first-order valence-electron chi connectivity index (χ1n) is 10.7. The molecule has 2 aromatic rings. The monoisotopic (exact) mass is 551 g/mol. The highest BCUT2D eigenvalue weighted by atomic mass is 32.2. The fraction of sp³-hybridized carbons (Fsp3) is 0.429. The van der Waals surface area contributed by atoms with E-state index in [4.69, 9.17) is 10.6 Å². The van der Waals surface area contributed by atoms with Gasteiger partial charge in [0.2, 0.25) is 0 Å². The second kappa shape index (κ2) is 10.1. The Morgan fingerprint density at radius 2 is 2.17 bits per heavy atom. The van der Waals surface area contributed by atoms with Crippen LogP contribution in [-0.4, -0.2) is 71.3 Å². The number of thiazole rings is 2. The number of carbonyl (C=O) groups is 3. The van der Waals surface area contributed by atoms with E-state index in [-0.39, 0.29) is 22.2 Å². The maximum Gasteiger partial charge on any atom is 0.336 e. The number of thioether (sulfide) groups is 1. The van der Waals surface area contributed by atoms with Crippen LogP contribution in [0.15, 0.2) is 21.8 Å². The van der Waals surface area contributed by atoms with E-state index in [9.17, 15) is 19.5 Å². The van der Waals surface area contributed by atoms with E-state index < -0.39 is 29.2 Å². The molecule has 1 fully saturated rings. The van der Waals surface area contributed by atoms with Crippen LogP contribution in [-0.2, 0) is 26.3 Å². The number of aryl methyl sites for hydroxylation is 1. The number of oxime groups is 1. The lowest BCUT2D eigenvalue weighted by Crippen LogP contribution is -2.71. The molecule has 0 aliphatic carbocycles. The first-order chi connectivity index (χ1) is 17.0. The third kappa shape index (κ3) is 4.53. The maximum absolute atomic E-state index is 13.0. The second-order valence-corrected chi connectivity index (χ2v) is 11.4. The lowest BCUT2D eigenvalue weighted by atomic mass is 10.0. The molecule has 15 heteroatoms. The molecule has 0 aromatic carbocycles. The summed E-state index contributed by atoms with van der Waals surface area (Å²) in [6.45, 7) is 4.37. The molecule has 192 valence electrons. The van der Waals surface area contributed by atoms with Crippen molar-refractivity contribution in [3.05, 3.63) is 32.9 Å². The fourth-order valence-corrected chi connectivity index (χ4v) is 6.98. The van der Waals surface area contributed by atoms with Gasteiger partial charge in [-0.1, -0.05) is 16.5 Å². The Morgan fingerprint density at radius 1 is 1.44 bits per heavy atom. The van der Waals surface area contributed by atoms with E-state index in [0.717, 1.165) is 22.2 Å². The van der Waals surface area contributed by atoms with Gasteiger partial charge in [-0.25, -0.2) is 9.55 Å². The number of amides is 2. The van der Waals surface area contributed by atoms with E-state index in [1.807, 2.05) is 37.4 Å². The Balaban J connectivity index is 1.53. The van der Waals surface area contributed by atoms with Gasteiger partial charge < -0.3 is 25.8 Å². The van der Waals surface area contributed by atoms with Crippen LogP contribution in [0.5, 0.6) is 0 Å². The highest BCUT2D eigenvalue weighted by molar-refractivity contribution is 8.00. The Kier molecular flexibility index (Phi) is 7.24. The third-order valence-corrected chi connectivity index (χ3v) is 9.37. The zero-order valence-corrected chi connectivity index (χ0v) is 22.7. The molecule has 2 aliphatic heterocycles. The van der Waals surface area contributed by atoms with Crippen molar-refractivity contribution in [2.24, 2.45) is 12.2 Å². The number of nitrogen functional groups attached to an aromatic ring is 1. The van der Waals surface area contributed by atoms with Crippen LogP contribution in [0.25, 0.3) is 0 Å². The number of nitrogens with two attached hydrogens (primary N) is 1.